The molecule has 2 atom stereocenters. The van der Waals surface area contributed by atoms with Crippen molar-refractivity contribution < 1.29 is 4.74 Å². The number of hydrogen-bond donors (Lipinski definition) is 1. The first kappa shape index (κ1) is 13.3. The zero-order valence-electron chi connectivity index (χ0n) is 11.4. The summed E-state index contributed by atoms with van der Waals surface area (Å²) < 4.78 is 5.55. The van der Waals surface area contributed by atoms with Crippen LogP contribution in [-0.2, 0) is 4.74 Å². The summed E-state index contributed by atoms with van der Waals surface area (Å²) in [7, 11) is 0. The Morgan fingerprint density at radius 1 is 1.11 bits per heavy atom. The van der Waals surface area contributed by atoms with Crippen LogP contribution in [0.1, 0.15) is 44.9 Å². The number of likely N-dealkylation sites (tertiary alicyclic amines) is 1. The van der Waals surface area contributed by atoms with Crippen molar-refractivity contribution in [2.45, 2.75) is 51.0 Å². The lowest BCUT2D eigenvalue weighted by atomic mass is 9.80. The van der Waals surface area contributed by atoms with Crippen LogP contribution in [0.4, 0.5) is 0 Å². The van der Waals surface area contributed by atoms with Gasteiger partial charge >= 0.3 is 0 Å². The Labute approximate surface area is 117 Å². The lowest BCUT2D eigenvalue weighted by Gasteiger charge is -2.45. The summed E-state index contributed by atoms with van der Waals surface area (Å²) in [5.41, 5.74) is 0.436. The topological polar surface area (TPSA) is 12.5 Å². The fourth-order valence-electron chi connectivity index (χ4n) is 4.35. The van der Waals surface area contributed by atoms with E-state index in [-0.39, 0.29) is 0 Å². The smallest absolute Gasteiger partial charge is 0.0472 e. The van der Waals surface area contributed by atoms with Crippen molar-refractivity contribution in [1.29, 1.82) is 0 Å². The maximum atomic E-state index is 5.55. The SMILES string of the molecule is SCC1(CN2CCCC3CCCC32)CCOCC1. The lowest BCUT2D eigenvalue weighted by Crippen LogP contribution is -2.50. The van der Waals surface area contributed by atoms with Crippen molar-refractivity contribution in [2.24, 2.45) is 11.3 Å². The van der Waals surface area contributed by atoms with Gasteiger partial charge in [0.05, 0.1) is 0 Å². The first-order valence-corrected chi connectivity index (χ1v) is 8.39. The molecule has 0 radical (unpaired) electrons. The van der Waals surface area contributed by atoms with Crippen LogP contribution >= 0.6 is 12.6 Å². The van der Waals surface area contributed by atoms with Crippen LogP contribution in [0.5, 0.6) is 0 Å². The van der Waals surface area contributed by atoms with Gasteiger partial charge in [0, 0.05) is 25.8 Å². The summed E-state index contributed by atoms with van der Waals surface area (Å²) in [6.45, 7) is 4.50. The number of nitrogens with zero attached hydrogens (tertiary/aromatic N) is 1. The summed E-state index contributed by atoms with van der Waals surface area (Å²) in [5, 5.41) is 0. The van der Waals surface area contributed by atoms with Crippen LogP contribution in [0.15, 0.2) is 0 Å². The normalized spacial score (nSPS) is 36.5. The molecule has 2 saturated heterocycles. The van der Waals surface area contributed by atoms with E-state index < -0.39 is 0 Å². The third-order valence-electron chi connectivity index (χ3n) is 5.54. The predicted molar refractivity (Wildman–Crippen MR) is 78.3 cm³/mol. The number of ether oxygens (including phenoxy) is 1. The van der Waals surface area contributed by atoms with Gasteiger partial charge in [0.1, 0.15) is 0 Å². The maximum Gasteiger partial charge on any atom is 0.0472 e. The van der Waals surface area contributed by atoms with Gasteiger partial charge in [-0.05, 0) is 62.2 Å². The van der Waals surface area contributed by atoms with Crippen LogP contribution in [-0.4, -0.2) is 43.0 Å². The van der Waals surface area contributed by atoms with Gasteiger partial charge < -0.3 is 4.74 Å². The largest absolute Gasteiger partial charge is 0.381 e. The van der Waals surface area contributed by atoms with Crippen molar-refractivity contribution in [1.82, 2.24) is 4.90 Å². The van der Waals surface area contributed by atoms with Gasteiger partial charge in [-0.3, -0.25) is 4.90 Å². The molecule has 2 nitrogen and oxygen atoms in total. The average molecular weight is 269 g/mol. The zero-order valence-corrected chi connectivity index (χ0v) is 12.3. The standard InChI is InChI=1S/C15H27NOS/c18-12-15(6-9-17-10-7-15)11-16-8-2-4-13-3-1-5-14(13)16/h13-14,18H,1-12H2. The number of fused-ring (bicyclic) bond motifs is 1. The van der Waals surface area contributed by atoms with Gasteiger partial charge in [-0.2, -0.15) is 12.6 Å². The van der Waals surface area contributed by atoms with E-state index in [1.54, 1.807) is 0 Å². The van der Waals surface area contributed by atoms with Crippen molar-refractivity contribution in [3.05, 3.63) is 0 Å². The predicted octanol–water partition coefficient (Wildman–Crippen LogP) is 2.98. The second kappa shape index (κ2) is 5.72. The summed E-state index contributed by atoms with van der Waals surface area (Å²) in [6.07, 6.45) is 9.72. The summed E-state index contributed by atoms with van der Waals surface area (Å²) in [5.74, 6) is 2.04. The number of rotatable bonds is 3. The maximum absolute atomic E-state index is 5.55. The molecule has 3 aliphatic rings. The Morgan fingerprint density at radius 3 is 2.67 bits per heavy atom. The molecule has 2 heterocycles. The van der Waals surface area contributed by atoms with Crippen LogP contribution in [0.3, 0.4) is 0 Å². The molecule has 0 aromatic rings. The molecular weight excluding hydrogens is 242 g/mol. The van der Waals surface area contributed by atoms with E-state index in [4.69, 9.17) is 4.74 Å². The molecule has 18 heavy (non-hydrogen) atoms. The molecule has 0 bridgehead atoms. The average Bonchev–Trinajstić information content (AvgIpc) is 2.89. The molecule has 0 aromatic heterocycles. The second-order valence-electron chi connectivity index (χ2n) is 6.64. The van der Waals surface area contributed by atoms with E-state index in [1.165, 1.54) is 58.0 Å². The monoisotopic (exact) mass is 269 g/mol. The molecule has 1 aliphatic carbocycles. The molecule has 0 spiro atoms. The molecule has 2 unspecified atom stereocenters. The Morgan fingerprint density at radius 2 is 1.89 bits per heavy atom. The highest BCUT2D eigenvalue weighted by Crippen LogP contribution is 2.40. The molecule has 104 valence electrons. The second-order valence-corrected chi connectivity index (χ2v) is 6.96. The third kappa shape index (κ3) is 2.59. The number of thiol groups is 1. The molecule has 0 aromatic carbocycles. The Balaban J connectivity index is 1.66. The first-order chi connectivity index (χ1) is 8.83. The van der Waals surface area contributed by atoms with E-state index in [2.05, 4.69) is 17.5 Å². The Hall–Kier alpha value is 0.270. The molecule has 3 fully saturated rings. The Kier molecular flexibility index (Phi) is 4.21. The van der Waals surface area contributed by atoms with Crippen molar-refractivity contribution in [3.8, 4) is 0 Å². The fraction of sp³-hybridized carbons (Fsp3) is 1.00. The van der Waals surface area contributed by atoms with E-state index in [0.29, 0.717) is 5.41 Å². The Bertz CT molecular complexity index is 278. The van der Waals surface area contributed by atoms with Gasteiger partial charge in [-0.15, -0.1) is 0 Å². The van der Waals surface area contributed by atoms with Gasteiger partial charge in [-0.1, -0.05) is 6.42 Å². The highest BCUT2D eigenvalue weighted by atomic mass is 32.1. The molecular formula is C15H27NOS. The van der Waals surface area contributed by atoms with Crippen LogP contribution in [0.25, 0.3) is 0 Å². The van der Waals surface area contributed by atoms with E-state index in [9.17, 15) is 0 Å². The van der Waals surface area contributed by atoms with Gasteiger partial charge in [0.25, 0.3) is 0 Å². The van der Waals surface area contributed by atoms with Gasteiger partial charge in [0.2, 0.25) is 0 Å². The minimum Gasteiger partial charge on any atom is -0.381 e. The van der Waals surface area contributed by atoms with Crippen LogP contribution in [0.2, 0.25) is 0 Å². The summed E-state index contributed by atoms with van der Waals surface area (Å²) >= 11 is 4.66. The quantitative estimate of drug-likeness (QED) is 0.791. The summed E-state index contributed by atoms with van der Waals surface area (Å²) in [4.78, 5) is 2.82. The minimum absolute atomic E-state index is 0.436. The zero-order chi connectivity index (χ0) is 12.4. The van der Waals surface area contributed by atoms with Gasteiger partial charge in [0.15, 0.2) is 0 Å². The summed E-state index contributed by atoms with van der Waals surface area (Å²) in [6, 6.07) is 0.901. The van der Waals surface area contributed by atoms with E-state index >= 15 is 0 Å². The molecule has 3 heteroatoms. The fourth-order valence-corrected chi connectivity index (χ4v) is 4.77. The molecule has 0 amide bonds. The molecule has 2 aliphatic heterocycles. The molecule has 0 N–H and O–H groups in total. The lowest BCUT2D eigenvalue weighted by molar-refractivity contribution is -0.0111. The highest BCUT2D eigenvalue weighted by molar-refractivity contribution is 7.80. The van der Waals surface area contributed by atoms with Crippen molar-refractivity contribution in [2.75, 3.05) is 32.1 Å². The number of hydrogen-bond acceptors (Lipinski definition) is 3. The molecule has 3 rings (SSSR count). The van der Waals surface area contributed by atoms with Crippen molar-refractivity contribution in [3.63, 3.8) is 0 Å². The minimum atomic E-state index is 0.436. The van der Waals surface area contributed by atoms with E-state index in [1.807, 2.05) is 0 Å². The van der Waals surface area contributed by atoms with E-state index in [0.717, 1.165) is 30.9 Å². The first-order valence-electron chi connectivity index (χ1n) is 7.76. The number of piperidine rings is 1. The van der Waals surface area contributed by atoms with Crippen LogP contribution in [0, 0.1) is 11.3 Å². The molecule has 1 saturated carbocycles. The highest BCUT2D eigenvalue weighted by Gasteiger charge is 2.40. The third-order valence-corrected chi connectivity index (χ3v) is 6.21. The van der Waals surface area contributed by atoms with Gasteiger partial charge in [-0.25, -0.2) is 0 Å². The van der Waals surface area contributed by atoms with Crippen molar-refractivity contribution >= 4 is 12.6 Å². The van der Waals surface area contributed by atoms with Crippen LogP contribution < -0.4 is 0 Å².